The van der Waals surface area contributed by atoms with Crippen LogP contribution in [0.25, 0.3) is 0 Å². The third kappa shape index (κ3) is 4.29. The first-order chi connectivity index (χ1) is 11.7. The zero-order valence-corrected chi connectivity index (χ0v) is 15.5. The fourth-order valence-corrected chi connectivity index (χ4v) is 4.01. The summed E-state index contributed by atoms with van der Waals surface area (Å²) in [6.07, 6.45) is 4.97. The van der Waals surface area contributed by atoms with Gasteiger partial charge in [-0.15, -0.1) is 0 Å². The summed E-state index contributed by atoms with van der Waals surface area (Å²) in [5, 5.41) is 3.60. The number of hydrogen-bond acceptors (Lipinski definition) is 4. The molecule has 25 heavy (non-hydrogen) atoms. The molecule has 1 aromatic heterocycles. The summed E-state index contributed by atoms with van der Waals surface area (Å²) in [6.45, 7) is 7.75. The van der Waals surface area contributed by atoms with E-state index in [-0.39, 0.29) is 30.0 Å². The maximum atomic E-state index is 13.0. The van der Waals surface area contributed by atoms with Crippen LogP contribution in [0, 0.1) is 5.82 Å². The standard InChI is InChI=1S/C19H28FN3O2/c1-12(17-8-5-13(20)11-21-17)22-14-9-15-6-7-16(10-14)23(15)18(24)25-19(2,3)4/h5,8,11-12,14-16,22H,6-7,9-10H2,1-4H3. The van der Waals surface area contributed by atoms with Gasteiger partial charge in [0.25, 0.3) is 0 Å². The fraction of sp³-hybridized carbons (Fsp3) is 0.684. The summed E-state index contributed by atoms with van der Waals surface area (Å²) in [5.41, 5.74) is 0.373. The average Bonchev–Trinajstić information content (AvgIpc) is 2.78. The molecule has 0 saturated carbocycles. The highest BCUT2D eigenvalue weighted by molar-refractivity contribution is 5.69. The SMILES string of the molecule is CC(NC1CC2CCC(C1)N2C(=O)OC(C)(C)C)c1ccc(F)cn1. The smallest absolute Gasteiger partial charge is 0.410 e. The minimum atomic E-state index is -0.464. The first-order valence-corrected chi connectivity index (χ1v) is 9.12. The molecule has 5 nitrogen and oxygen atoms in total. The van der Waals surface area contributed by atoms with Crippen LogP contribution in [-0.4, -0.2) is 39.7 Å². The molecule has 2 bridgehead atoms. The Labute approximate surface area is 148 Å². The predicted molar refractivity (Wildman–Crippen MR) is 93.7 cm³/mol. The minimum Gasteiger partial charge on any atom is -0.444 e. The number of carbonyl (C=O) groups excluding carboxylic acids is 1. The Morgan fingerprint density at radius 1 is 1.32 bits per heavy atom. The van der Waals surface area contributed by atoms with E-state index in [1.54, 1.807) is 6.07 Å². The molecule has 3 rings (SSSR count). The minimum absolute atomic E-state index is 0.0538. The van der Waals surface area contributed by atoms with Crippen LogP contribution in [0.5, 0.6) is 0 Å². The van der Waals surface area contributed by atoms with Gasteiger partial charge in [0.05, 0.1) is 11.9 Å². The second-order valence-electron chi connectivity index (χ2n) is 8.23. The molecule has 138 valence electrons. The molecule has 0 aliphatic carbocycles. The fourth-order valence-electron chi connectivity index (χ4n) is 4.01. The Balaban J connectivity index is 1.60. The van der Waals surface area contributed by atoms with Crippen molar-refractivity contribution in [1.29, 1.82) is 0 Å². The number of aromatic nitrogens is 1. The number of ether oxygens (including phenoxy) is 1. The van der Waals surface area contributed by atoms with Gasteiger partial charge < -0.3 is 15.0 Å². The molecule has 0 aromatic carbocycles. The van der Waals surface area contributed by atoms with E-state index in [2.05, 4.69) is 10.3 Å². The van der Waals surface area contributed by atoms with Crippen LogP contribution >= 0.6 is 0 Å². The third-order valence-electron chi connectivity index (χ3n) is 5.02. The summed E-state index contributed by atoms with van der Waals surface area (Å²) < 4.78 is 18.6. The van der Waals surface area contributed by atoms with Gasteiger partial charge >= 0.3 is 6.09 Å². The Morgan fingerprint density at radius 3 is 2.48 bits per heavy atom. The van der Waals surface area contributed by atoms with Crippen molar-refractivity contribution in [1.82, 2.24) is 15.2 Å². The Bertz CT molecular complexity index is 600. The van der Waals surface area contributed by atoms with E-state index in [4.69, 9.17) is 4.74 Å². The second kappa shape index (κ2) is 6.90. The first-order valence-electron chi connectivity index (χ1n) is 9.12. The molecule has 3 heterocycles. The van der Waals surface area contributed by atoms with Crippen LogP contribution in [0.3, 0.4) is 0 Å². The summed E-state index contributed by atoms with van der Waals surface area (Å²) in [6, 6.07) is 4.02. The topological polar surface area (TPSA) is 54.5 Å². The van der Waals surface area contributed by atoms with Crippen molar-refractivity contribution in [3.8, 4) is 0 Å². The number of pyridine rings is 1. The van der Waals surface area contributed by atoms with Crippen molar-refractivity contribution in [2.24, 2.45) is 0 Å². The Hall–Kier alpha value is -1.69. The van der Waals surface area contributed by atoms with Gasteiger partial charge in [-0.05, 0) is 65.5 Å². The maximum absolute atomic E-state index is 13.0. The Morgan fingerprint density at radius 2 is 1.96 bits per heavy atom. The first kappa shape index (κ1) is 18.1. The number of carbonyl (C=O) groups is 1. The van der Waals surface area contributed by atoms with E-state index in [1.807, 2.05) is 32.6 Å². The van der Waals surface area contributed by atoms with Gasteiger partial charge in [0.1, 0.15) is 11.4 Å². The molecule has 3 unspecified atom stereocenters. The highest BCUT2D eigenvalue weighted by Gasteiger charge is 2.45. The van der Waals surface area contributed by atoms with E-state index in [0.29, 0.717) is 6.04 Å². The van der Waals surface area contributed by atoms with Gasteiger partial charge in [0, 0.05) is 24.2 Å². The van der Waals surface area contributed by atoms with Gasteiger partial charge in [-0.2, -0.15) is 0 Å². The molecule has 0 radical (unpaired) electrons. The van der Waals surface area contributed by atoms with Crippen molar-refractivity contribution >= 4 is 6.09 Å². The zero-order valence-electron chi connectivity index (χ0n) is 15.5. The highest BCUT2D eigenvalue weighted by Crippen LogP contribution is 2.37. The summed E-state index contributed by atoms with van der Waals surface area (Å²) in [5.74, 6) is -0.320. The lowest BCUT2D eigenvalue weighted by Crippen LogP contribution is -2.52. The van der Waals surface area contributed by atoms with Crippen LogP contribution in [0.15, 0.2) is 18.3 Å². The molecule has 1 aromatic rings. The summed E-state index contributed by atoms with van der Waals surface area (Å²) in [4.78, 5) is 18.6. The molecule has 2 aliphatic rings. The molecule has 2 fully saturated rings. The number of halogens is 1. The summed E-state index contributed by atoms with van der Waals surface area (Å²) in [7, 11) is 0. The second-order valence-corrected chi connectivity index (χ2v) is 8.23. The van der Waals surface area contributed by atoms with Crippen molar-refractivity contribution in [3.63, 3.8) is 0 Å². The third-order valence-corrected chi connectivity index (χ3v) is 5.02. The van der Waals surface area contributed by atoms with E-state index < -0.39 is 5.60 Å². The van der Waals surface area contributed by atoms with Crippen LogP contribution in [0.4, 0.5) is 9.18 Å². The van der Waals surface area contributed by atoms with E-state index >= 15 is 0 Å². The van der Waals surface area contributed by atoms with E-state index in [9.17, 15) is 9.18 Å². The largest absolute Gasteiger partial charge is 0.444 e. The van der Waals surface area contributed by atoms with Gasteiger partial charge in [-0.3, -0.25) is 4.98 Å². The quantitative estimate of drug-likeness (QED) is 0.902. The maximum Gasteiger partial charge on any atom is 0.410 e. The molecule has 2 saturated heterocycles. The Kier molecular flexibility index (Phi) is 5.00. The van der Waals surface area contributed by atoms with Crippen molar-refractivity contribution < 1.29 is 13.9 Å². The molecule has 3 atom stereocenters. The number of nitrogens with one attached hydrogen (secondary N) is 1. The van der Waals surface area contributed by atoms with Crippen LogP contribution in [0.1, 0.15) is 65.1 Å². The predicted octanol–water partition coefficient (Wildman–Crippen LogP) is 3.80. The van der Waals surface area contributed by atoms with E-state index in [0.717, 1.165) is 31.4 Å². The molecular formula is C19H28FN3O2. The van der Waals surface area contributed by atoms with Gasteiger partial charge in [-0.1, -0.05) is 0 Å². The lowest BCUT2D eigenvalue weighted by atomic mass is 9.96. The van der Waals surface area contributed by atoms with Crippen molar-refractivity contribution in [2.75, 3.05) is 0 Å². The zero-order chi connectivity index (χ0) is 18.2. The van der Waals surface area contributed by atoms with Gasteiger partial charge in [-0.25, -0.2) is 9.18 Å². The summed E-state index contributed by atoms with van der Waals surface area (Å²) >= 11 is 0. The number of rotatable bonds is 3. The number of amides is 1. The lowest BCUT2D eigenvalue weighted by molar-refractivity contribution is 0.00433. The molecule has 0 spiro atoms. The molecule has 1 amide bonds. The number of fused-ring (bicyclic) bond motifs is 2. The normalized spacial score (nSPS) is 27.2. The van der Waals surface area contributed by atoms with Crippen LogP contribution < -0.4 is 5.32 Å². The van der Waals surface area contributed by atoms with Crippen LogP contribution in [-0.2, 0) is 4.74 Å². The molecule has 6 heteroatoms. The number of nitrogens with zero attached hydrogens (tertiary/aromatic N) is 2. The molecular weight excluding hydrogens is 321 g/mol. The molecule has 2 aliphatic heterocycles. The van der Waals surface area contributed by atoms with Crippen LogP contribution in [0.2, 0.25) is 0 Å². The number of hydrogen-bond donors (Lipinski definition) is 1. The van der Waals surface area contributed by atoms with Gasteiger partial charge in [0.2, 0.25) is 0 Å². The van der Waals surface area contributed by atoms with Crippen molar-refractivity contribution in [3.05, 3.63) is 29.8 Å². The van der Waals surface area contributed by atoms with Crippen molar-refractivity contribution in [2.45, 2.75) is 83.1 Å². The molecule has 1 N–H and O–H groups in total. The highest BCUT2D eigenvalue weighted by atomic mass is 19.1. The number of piperidine rings is 1. The lowest BCUT2D eigenvalue weighted by Gasteiger charge is -2.40. The average molecular weight is 349 g/mol. The van der Waals surface area contributed by atoms with E-state index in [1.165, 1.54) is 12.3 Å². The van der Waals surface area contributed by atoms with Gasteiger partial charge in [0.15, 0.2) is 0 Å². The monoisotopic (exact) mass is 349 g/mol.